The van der Waals surface area contributed by atoms with Crippen molar-refractivity contribution < 1.29 is 9.53 Å². The van der Waals surface area contributed by atoms with Crippen molar-refractivity contribution in [2.45, 2.75) is 39.7 Å². The zero-order chi connectivity index (χ0) is 9.56. The van der Waals surface area contributed by atoms with Crippen molar-refractivity contribution in [3.05, 3.63) is 0 Å². The highest BCUT2D eigenvalue weighted by molar-refractivity contribution is 5.85. The van der Waals surface area contributed by atoms with Gasteiger partial charge in [0.15, 0.2) is 0 Å². The summed E-state index contributed by atoms with van der Waals surface area (Å²) in [6, 6.07) is 0.115. The molecule has 2 atom stereocenters. The van der Waals surface area contributed by atoms with Gasteiger partial charge in [-0.05, 0) is 19.8 Å². The van der Waals surface area contributed by atoms with Gasteiger partial charge in [0.1, 0.15) is 0 Å². The first kappa shape index (κ1) is 15.2. The van der Waals surface area contributed by atoms with Gasteiger partial charge in [-0.1, -0.05) is 13.8 Å². The van der Waals surface area contributed by atoms with Gasteiger partial charge < -0.3 is 10.5 Å². The molecule has 0 saturated carbocycles. The van der Waals surface area contributed by atoms with Crippen molar-refractivity contribution in [1.29, 1.82) is 0 Å². The zero-order valence-corrected chi connectivity index (χ0v) is 9.39. The van der Waals surface area contributed by atoms with E-state index in [1.54, 1.807) is 0 Å². The van der Waals surface area contributed by atoms with E-state index in [0.29, 0.717) is 6.61 Å². The highest BCUT2D eigenvalue weighted by Crippen LogP contribution is 2.08. The molecule has 0 radical (unpaired) electrons. The van der Waals surface area contributed by atoms with E-state index < -0.39 is 0 Å². The van der Waals surface area contributed by atoms with Crippen molar-refractivity contribution in [1.82, 2.24) is 0 Å². The van der Waals surface area contributed by atoms with Gasteiger partial charge in [0.25, 0.3) is 0 Å². The molecule has 0 rings (SSSR count). The van der Waals surface area contributed by atoms with Crippen LogP contribution in [0.4, 0.5) is 0 Å². The van der Waals surface area contributed by atoms with Crippen LogP contribution in [0.3, 0.4) is 0 Å². The van der Waals surface area contributed by atoms with Crippen LogP contribution in [0.15, 0.2) is 0 Å². The molecular formula is C9H20ClNO2. The van der Waals surface area contributed by atoms with Crippen LogP contribution >= 0.6 is 12.4 Å². The van der Waals surface area contributed by atoms with Crippen molar-refractivity contribution in [3.63, 3.8) is 0 Å². The van der Waals surface area contributed by atoms with Crippen LogP contribution in [0.2, 0.25) is 0 Å². The number of hydrogen-bond acceptors (Lipinski definition) is 3. The second kappa shape index (κ2) is 8.32. The fourth-order valence-electron chi connectivity index (χ4n) is 1.00. The van der Waals surface area contributed by atoms with Crippen molar-refractivity contribution >= 4 is 18.4 Å². The third-order valence-corrected chi connectivity index (χ3v) is 1.87. The molecule has 0 spiro atoms. The Kier molecular flexibility index (Phi) is 9.74. The normalized spacial score (nSPS) is 14.2. The van der Waals surface area contributed by atoms with Gasteiger partial charge in [0, 0.05) is 6.04 Å². The average Bonchev–Trinajstić information content (AvgIpc) is 2.04. The Bertz CT molecular complexity index is 142. The monoisotopic (exact) mass is 209 g/mol. The number of nitrogens with two attached hydrogens (primary N) is 1. The van der Waals surface area contributed by atoms with Crippen LogP contribution in [-0.2, 0) is 9.53 Å². The number of halogens is 1. The van der Waals surface area contributed by atoms with Gasteiger partial charge in [-0.3, -0.25) is 4.79 Å². The molecule has 0 amide bonds. The van der Waals surface area contributed by atoms with Crippen molar-refractivity contribution in [3.8, 4) is 0 Å². The minimum absolute atomic E-state index is 0. The van der Waals surface area contributed by atoms with E-state index >= 15 is 0 Å². The summed E-state index contributed by atoms with van der Waals surface area (Å²) >= 11 is 0. The number of carbonyl (C=O) groups excluding carboxylic acids is 1. The smallest absolute Gasteiger partial charge is 0.308 e. The van der Waals surface area contributed by atoms with E-state index in [0.717, 1.165) is 12.8 Å². The van der Waals surface area contributed by atoms with Crippen molar-refractivity contribution in [2.75, 3.05) is 6.61 Å². The van der Waals surface area contributed by atoms with Gasteiger partial charge in [0.2, 0.25) is 0 Å². The molecule has 0 aromatic rings. The third kappa shape index (κ3) is 6.84. The summed E-state index contributed by atoms with van der Waals surface area (Å²) in [6.07, 6.45) is 1.62. The zero-order valence-electron chi connectivity index (χ0n) is 8.58. The molecule has 0 aliphatic carbocycles. The molecule has 2 unspecified atom stereocenters. The maximum atomic E-state index is 11.1. The summed E-state index contributed by atoms with van der Waals surface area (Å²) in [4.78, 5) is 11.1. The van der Waals surface area contributed by atoms with Gasteiger partial charge in [-0.15, -0.1) is 12.4 Å². The van der Waals surface area contributed by atoms with E-state index in [1.165, 1.54) is 0 Å². The highest BCUT2D eigenvalue weighted by atomic mass is 35.5. The van der Waals surface area contributed by atoms with E-state index in [9.17, 15) is 4.79 Å². The molecule has 0 saturated heterocycles. The Labute approximate surface area is 86.4 Å². The standard InChI is InChI=1S/C9H19NO2.ClH/c1-4-8(10)6-7(3)9(11)12-5-2;/h7-8H,4-6,10H2,1-3H3;1H. The molecule has 0 fully saturated rings. The van der Waals surface area contributed by atoms with Gasteiger partial charge >= 0.3 is 5.97 Å². The Morgan fingerprint density at radius 2 is 2.00 bits per heavy atom. The quantitative estimate of drug-likeness (QED) is 0.702. The van der Waals surface area contributed by atoms with Crippen LogP contribution in [0.1, 0.15) is 33.6 Å². The predicted octanol–water partition coefficient (Wildman–Crippen LogP) is 1.73. The minimum atomic E-state index is -0.138. The van der Waals surface area contributed by atoms with Crippen LogP contribution in [-0.4, -0.2) is 18.6 Å². The molecule has 80 valence electrons. The summed E-state index contributed by atoms with van der Waals surface area (Å²) in [5.41, 5.74) is 5.70. The lowest BCUT2D eigenvalue weighted by atomic mass is 10.0. The largest absolute Gasteiger partial charge is 0.466 e. The molecule has 4 heteroatoms. The first-order valence-corrected chi connectivity index (χ1v) is 4.54. The van der Waals surface area contributed by atoms with E-state index in [1.807, 2.05) is 20.8 Å². The number of rotatable bonds is 5. The number of esters is 1. The molecular weight excluding hydrogens is 190 g/mol. The van der Waals surface area contributed by atoms with Crippen LogP contribution in [0, 0.1) is 5.92 Å². The summed E-state index contributed by atoms with van der Waals surface area (Å²) in [7, 11) is 0. The highest BCUT2D eigenvalue weighted by Gasteiger charge is 2.16. The fraction of sp³-hybridized carbons (Fsp3) is 0.889. The van der Waals surface area contributed by atoms with Crippen LogP contribution < -0.4 is 5.73 Å². The second-order valence-electron chi connectivity index (χ2n) is 3.06. The molecule has 0 aromatic carbocycles. The third-order valence-electron chi connectivity index (χ3n) is 1.87. The summed E-state index contributed by atoms with van der Waals surface area (Å²) in [5.74, 6) is -0.207. The molecule has 0 aliphatic heterocycles. The molecule has 13 heavy (non-hydrogen) atoms. The van der Waals surface area contributed by atoms with Gasteiger partial charge in [-0.25, -0.2) is 0 Å². The van der Waals surface area contributed by atoms with Gasteiger partial charge in [0.05, 0.1) is 12.5 Å². The lowest BCUT2D eigenvalue weighted by Crippen LogP contribution is -2.26. The molecule has 0 bridgehead atoms. The van der Waals surface area contributed by atoms with E-state index in [2.05, 4.69) is 0 Å². The number of ether oxygens (including phenoxy) is 1. The Balaban J connectivity index is 0. The van der Waals surface area contributed by atoms with E-state index in [-0.39, 0.29) is 30.3 Å². The molecule has 3 nitrogen and oxygen atoms in total. The van der Waals surface area contributed by atoms with E-state index in [4.69, 9.17) is 10.5 Å². The molecule has 2 N–H and O–H groups in total. The predicted molar refractivity (Wildman–Crippen MR) is 55.9 cm³/mol. The number of carbonyl (C=O) groups is 1. The molecule has 0 heterocycles. The molecule has 0 aliphatic rings. The topological polar surface area (TPSA) is 52.3 Å². The second-order valence-corrected chi connectivity index (χ2v) is 3.06. The minimum Gasteiger partial charge on any atom is -0.466 e. The summed E-state index contributed by atoms with van der Waals surface area (Å²) in [5, 5.41) is 0. The van der Waals surface area contributed by atoms with Crippen LogP contribution in [0.25, 0.3) is 0 Å². The lowest BCUT2D eigenvalue weighted by Gasteiger charge is -2.14. The first-order chi connectivity index (χ1) is 5.61. The summed E-state index contributed by atoms with van der Waals surface area (Å²) in [6.45, 7) is 6.13. The van der Waals surface area contributed by atoms with Crippen LogP contribution in [0.5, 0.6) is 0 Å². The Morgan fingerprint density at radius 1 is 1.46 bits per heavy atom. The maximum Gasteiger partial charge on any atom is 0.308 e. The fourth-order valence-corrected chi connectivity index (χ4v) is 1.00. The Morgan fingerprint density at radius 3 is 2.38 bits per heavy atom. The summed E-state index contributed by atoms with van der Waals surface area (Å²) < 4.78 is 4.85. The first-order valence-electron chi connectivity index (χ1n) is 4.54. The molecule has 0 aromatic heterocycles. The van der Waals surface area contributed by atoms with Gasteiger partial charge in [-0.2, -0.15) is 0 Å². The lowest BCUT2D eigenvalue weighted by molar-refractivity contribution is -0.147. The maximum absolute atomic E-state index is 11.1. The number of hydrogen-bond donors (Lipinski definition) is 1. The SMILES string of the molecule is CCOC(=O)C(C)CC(N)CC.Cl. The van der Waals surface area contributed by atoms with Crippen molar-refractivity contribution in [2.24, 2.45) is 11.7 Å². The Hall–Kier alpha value is -0.280. The average molecular weight is 210 g/mol.